The number of hydrogen-bond donors (Lipinski definition) is 1. The zero-order valence-corrected chi connectivity index (χ0v) is 14.2. The van der Waals surface area contributed by atoms with Gasteiger partial charge in [-0.05, 0) is 24.3 Å². The molecule has 6 nitrogen and oxygen atoms in total. The third-order valence-corrected chi connectivity index (χ3v) is 7.33. The first kappa shape index (κ1) is 16.2. The van der Waals surface area contributed by atoms with Crippen molar-refractivity contribution in [2.45, 2.75) is 14.3 Å². The molecule has 0 aliphatic rings. The SMILES string of the molecule is CNc1sc(S(C)(=O)=O)nc1S(=O)(=O)c1ccc(Cl)cc1. The summed E-state index contributed by atoms with van der Waals surface area (Å²) in [5, 5.41) is 2.93. The van der Waals surface area contributed by atoms with Crippen molar-refractivity contribution in [3.05, 3.63) is 29.3 Å². The fraction of sp³-hybridized carbons (Fsp3) is 0.182. The molecule has 0 aliphatic carbocycles. The normalized spacial score (nSPS) is 12.3. The van der Waals surface area contributed by atoms with E-state index in [-0.39, 0.29) is 19.3 Å². The van der Waals surface area contributed by atoms with Gasteiger partial charge in [0.15, 0.2) is 5.03 Å². The standard InChI is InChI=1S/C11H11ClN2O4S3/c1-13-9-10(14-11(19-9)20(2,15)16)21(17,18)8-5-3-7(12)4-6-8/h3-6,13H,1-2H3. The second-order valence-electron chi connectivity index (χ2n) is 4.09. The van der Waals surface area contributed by atoms with E-state index in [9.17, 15) is 16.8 Å². The molecule has 2 aromatic rings. The van der Waals surface area contributed by atoms with E-state index in [4.69, 9.17) is 11.6 Å². The average molecular weight is 367 g/mol. The maximum atomic E-state index is 12.5. The lowest BCUT2D eigenvalue weighted by molar-refractivity contribution is 0.591. The van der Waals surface area contributed by atoms with Crippen molar-refractivity contribution in [3.63, 3.8) is 0 Å². The Morgan fingerprint density at radius 2 is 1.71 bits per heavy atom. The summed E-state index contributed by atoms with van der Waals surface area (Å²) in [6, 6.07) is 5.57. The molecule has 0 aliphatic heterocycles. The van der Waals surface area contributed by atoms with Crippen LogP contribution in [0.3, 0.4) is 0 Å². The Bertz CT molecular complexity index is 871. The molecule has 10 heteroatoms. The lowest BCUT2D eigenvalue weighted by Gasteiger charge is -2.04. The first-order valence-electron chi connectivity index (χ1n) is 5.55. The molecule has 0 unspecified atom stereocenters. The number of aromatic nitrogens is 1. The van der Waals surface area contributed by atoms with Gasteiger partial charge in [0.2, 0.25) is 24.0 Å². The molecule has 0 saturated heterocycles. The fourth-order valence-corrected chi connectivity index (χ4v) is 5.14. The van der Waals surface area contributed by atoms with E-state index in [1.54, 1.807) is 0 Å². The molecule has 0 radical (unpaired) electrons. The van der Waals surface area contributed by atoms with Gasteiger partial charge < -0.3 is 5.32 Å². The van der Waals surface area contributed by atoms with Crippen LogP contribution in [0.15, 0.2) is 38.5 Å². The molecule has 21 heavy (non-hydrogen) atoms. The Balaban J connectivity index is 2.65. The van der Waals surface area contributed by atoms with E-state index in [2.05, 4.69) is 10.3 Å². The Labute approximate surface area is 131 Å². The van der Waals surface area contributed by atoms with Crippen LogP contribution in [0.5, 0.6) is 0 Å². The van der Waals surface area contributed by atoms with E-state index in [1.807, 2.05) is 0 Å². The third kappa shape index (κ3) is 3.20. The quantitative estimate of drug-likeness (QED) is 0.890. The number of halogens is 1. The van der Waals surface area contributed by atoms with Crippen LogP contribution >= 0.6 is 22.9 Å². The summed E-state index contributed by atoms with van der Waals surface area (Å²) in [5.74, 6) is 0. The van der Waals surface area contributed by atoms with Crippen LogP contribution in [0.1, 0.15) is 0 Å². The van der Waals surface area contributed by atoms with Gasteiger partial charge in [0, 0.05) is 18.3 Å². The first-order chi connectivity index (χ1) is 9.66. The minimum Gasteiger partial charge on any atom is -0.378 e. The number of hydrogen-bond acceptors (Lipinski definition) is 7. The highest BCUT2D eigenvalue weighted by molar-refractivity contribution is 7.93. The lowest BCUT2D eigenvalue weighted by Crippen LogP contribution is -2.06. The summed E-state index contributed by atoms with van der Waals surface area (Å²) in [4.78, 5) is 3.76. The molecule has 2 rings (SSSR count). The van der Waals surface area contributed by atoms with Gasteiger partial charge in [-0.15, -0.1) is 0 Å². The third-order valence-electron chi connectivity index (χ3n) is 2.50. The number of sulfone groups is 2. The maximum Gasteiger partial charge on any atom is 0.226 e. The van der Waals surface area contributed by atoms with Crippen molar-refractivity contribution in [1.82, 2.24) is 4.98 Å². The number of anilines is 1. The van der Waals surface area contributed by atoms with E-state index in [1.165, 1.54) is 31.3 Å². The van der Waals surface area contributed by atoms with Crippen molar-refractivity contribution in [3.8, 4) is 0 Å². The molecular weight excluding hydrogens is 356 g/mol. The lowest BCUT2D eigenvalue weighted by atomic mass is 10.4. The van der Waals surface area contributed by atoms with Crippen LogP contribution in [0, 0.1) is 0 Å². The molecule has 1 heterocycles. The second-order valence-corrected chi connectivity index (χ2v) is 9.58. The fourth-order valence-electron chi connectivity index (χ4n) is 1.51. The molecule has 1 aromatic heterocycles. The molecule has 0 saturated carbocycles. The summed E-state index contributed by atoms with van der Waals surface area (Å²) < 4.78 is 47.9. The molecule has 0 atom stereocenters. The number of thiazole rings is 1. The van der Waals surface area contributed by atoms with Gasteiger partial charge in [-0.2, -0.15) is 0 Å². The van der Waals surface area contributed by atoms with Gasteiger partial charge >= 0.3 is 0 Å². The predicted molar refractivity (Wildman–Crippen MR) is 81.7 cm³/mol. The highest BCUT2D eigenvalue weighted by atomic mass is 35.5. The minimum atomic E-state index is -3.92. The maximum absolute atomic E-state index is 12.5. The van der Waals surface area contributed by atoms with E-state index in [0.29, 0.717) is 5.02 Å². The monoisotopic (exact) mass is 366 g/mol. The average Bonchev–Trinajstić information content (AvgIpc) is 2.84. The minimum absolute atomic E-state index is 0.00579. The van der Waals surface area contributed by atoms with Crippen molar-refractivity contribution < 1.29 is 16.8 Å². The number of nitrogens with one attached hydrogen (secondary N) is 1. The van der Waals surface area contributed by atoms with Gasteiger partial charge in [-0.25, -0.2) is 21.8 Å². The van der Waals surface area contributed by atoms with Crippen molar-refractivity contribution in [1.29, 1.82) is 0 Å². The number of rotatable bonds is 4. The molecular formula is C11H11ClN2O4S3. The Kier molecular flexibility index (Phi) is 4.29. The summed E-state index contributed by atoms with van der Waals surface area (Å²) in [7, 11) is -6.01. The van der Waals surface area contributed by atoms with Crippen molar-refractivity contribution in [2.75, 3.05) is 18.6 Å². The van der Waals surface area contributed by atoms with Gasteiger partial charge in [-0.1, -0.05) is 22.9 Å². The Morgan fingerprint density at radius 1 is 1.14 bits per heavy atom. The molecule has 1 aromatic carbocycles. The van der Waals surface area contributed by atoms with Crippen LogP contribution in [-0.2, 0) is 19.7 Å². The highest BCUT2D eigenvalue weighted by Crippen LogP contribution is 2.34. The summed E-state index contributed by atoms with van der Waals surface area (Å²) in [6.45, 7) is 0. The van der Waals surface area contributed by atoms with Crippen LogP contribution in [0.2, 0.25) is 5.02 Å². The van der Waals surface area contributed by atoms with Crippen LogP contribution < -0.4 is 5.32 Å². The van der Waals surface area contributed by atoms with Crippen LogP contribution in [-0.4, -0.2) is 35.1 Å². The van der Waals surface area contributed by atoms with Gasteiger partial charge in [-0.3, -0.25) is 0 Å². The van der Waals surface area contributed by atoms with Gasteiger partial charge in [0.05, 0.1) is 4.90 Å². The molecule has 1 N–H and O–H groups in total. The Morgan fingerprint density at radius 3 is 2.19 bits per heavy atom. The zero-order chi connectivity index (χ0) is 15.8. The smallest absolute Gasteiger partial charge is 0.226 e. The summed E-state index contributed by atoms with van der Waals surface area (Å²) in [6.07, 6.45) is 0.976. The summed E-state index contributed by atoms with van der Waals surface area (Å²) in [5.41, 5.74) is 0. The molecule has 0 spiro atoms. The topological polar surface area (TPSA) is 93.2 Å². The van der Waals surface area contributed by atoms with Gasteiger partial charge in [0.25, 0.3) is 0 Å². The summed E-state index contributed by atoms with van der Waals surface area (Å²) >= 11 is 6.51. The van der Waals surface area contributed by atoms with Crippen molar-refractivity contribution >= 4 is 47.6 Å². The van der Waals surface area contributed by atoms with Gasteiger partial charge in [0.1, 0.15) is 5.00 Å². The van der Waals surface area contributed by atoms with E-state index >= 15 is 0 Å². The highest BCUT2D eigenvalue weighted by Gasteiger charge is 2.28. The number of nitrogens with zero attached hydrogens (tertiary/aromatic N) is 1. The van der Waals surface area contributed by atoms with E-state index in [0.717, 1.165) is 17.6 Å². The van der Waals surface area contributed by atoms with E-state index < -0.39 is 19.7 Å². The van der Waals surface area contributed by atoms with Crippen molar-refractivity contribution in [2.24, 2.45) is 0 Å². The number of benzene rings is 1. The van der Waals surface area contributed by atoms with Crippen LogP contribution in [0.25, 0.3) is 0 Å². The first-order valence-corrected chi connectivity index (χ1v) is 10.1. The molecule has 0 bridgehead atoms. The largest absolute Gasteiger partial charge is 0.378 e. The predicted octanol–water partition coefficient (Wildman–Crippen LogP) is 2.07. The molecule has 0 amide bonds. The second kappa shape index (κ2) is 5.56. The molecule has 0 fully saturated rings. The molecule has 114 valence electrons. The van der Waals surface area contributed by atoms with Crippen LogP contribution in [0.4, 0.5) is 5.00 Å². The zero-order valence-electron chi connectivity index (χ0n) is 11.0. The Hall–Kier alpha value is -1.16.